The Balaban J connectivity index is 2.36. The second-order valence-electron chi connectivity index (χ2n) is 5.00. The van der Waals surface area contributed by atoms with Gasteiger partial charge in [-0.25, -0.2) is 0 Å². The van der Waals surface area contributed by atoms with Crippen molar-refractivity contribution in [2.45, 2.75) is 19.8 Å². The van der Waals surface area contributed by atoms with Gasteiger partial charge in [0.2, 0.25) is 0 Å². The lowest BCUT2D eigenvalue weighted by Crippen LogP contribution is -2.35. The summed E-state index contributed by atoms with van der Waals surface area (Å²) < 4.78 is 5.45. The van der Waals surface area contributed by atoms with Crippen molar-refractivity contribution in [3.63, 3.8) is 0 Å². The molecule has 0 fully saturated rings. The van der Waals surface area contributed by atoms with Crippen molar-refractivity contribution in [2.75, 3.05) is 25.2 Å². The molecule has 4 nitrogen and oxygen atoms in total. The first-order valence-electron chi connectivity index (χ1n) is 6.18. The zero-order valence-corrected chi connectivity index (χ0v) is 11.0. The largest absolute Gasteiger partial charge is 0.482 e. The third kappa shape index (κ3) is 2.20. The average Bonchev–Trinajstić information content (AvgIpc) is 2.34. The van der Waals surface area contributed by atoms with E-state index >= 15 is 0 Å². The van der Waals surface area contributed by atoms with Crippen LogP contribution in [0.4, 0.5) is 5.69 Å². The second-order valence-corrected chi connectivity index (χ2v) is 5.00. The Morgan fingerprint density at radius 3 is 2.78 bits per heavy atom. The van der Waals surface area contributed by atoms with Crippen molar-refractivity contribution in [1.29, 1.82) is 0 Å². The van der Waals surface area contributed by atoms with Crippen LogP contribution in [0.2, 0.25) is 0 Å². The number of fused-ring (bicyclic) bond motifs is 1. The number of carbonyl (C=O) groups excluding carboxylic acids is 1. The van der Waals surface area contributed by atoms with Gasteiger partial charge in [0, 0.05) is 13.0 Å². The van der Waals surface area contributed by atoms with Crippen molar-refractivity contribution in [3.05, 3.63) is 23.8 Å². The SMILES string of the molecule is CC(C)C(CO)c1ccc2c(c1)OCC(=O)N2C. The Kier molecular flexibility index (Phi) is 3.57. The van der Waals surface area contributed by atoms with Crippen LogP contribution >= 0.6 is 0 Å². The molecule has 0 aromatic heterocycles. The van der Waals surface area contributed by atoms with Gasteiger partial charge in [0.05, 0.1) is 12.3 Å². The van der Waals surface area contributed by atoms with Crippen LogP contribution in [-0.4, -0.2) is 31.3 Å². The molecule has 18 heavy (non-hydrogen) atoms. The van der Waals surface area contributed by atoms with Crippen molar-refractivity contribution >= 4 is 11.6 Å². The third-order valence-electron chi connectivity index (χ3n) is 3.50. The number of carbonyl (C=O) groups is 1. The number of rotatable bonds is 3. The van der Waals surface area contributed by atoms with Gasteiger partial charge in [-0.1, -0.05) is 19.9 Å². The number of anilines is 1. The fourth-order valence-corrected chi connectivity index (χ4v) is 2.23. The highest BCUT2D eigenvalue weighted by atomic mass is 16.5. The maximum Gasteiger partial charge on any atom is 0.264 e. The van der Waals surface area contributed by atoms with Crippen LogP contribution in [0.25, 0.3) is 0 Å². The van der Waals surface area contributed by atoms with Crippen molar-refractivity contribution < 1.29 is 14.6 Å². The van der Waals surface area contributed by atoms with Gasteiger partial charge >= 0.3 is 0 Å². The summed E-state index contributed by atoms with van der Waals surface area (Å²) >= 11 is 0. The van der Waals surface area contributed by atoms with E-state index in [9.17, 15) is 9.90 Å². The molecule has 1 heterocycles. The summed E-state index contributed by atoms with van der Waals surface area (Å²) in [6.45, 7) is 4.36. The van der Waals surface area contributed by atoms with E-state index in [2.05, 4.69) is 13.8 Å². The molecule has 0 radical (unpaired) electrons. The Hall–Kier alpha value is -1.55. The van der Waals surface area contributed by atoms with Gasteiger partial charge in [-0.15, -0.1) is 0 Å². The highest BCUT2D eigenvalue weighted by Crippen LogP contribution is 2.35. The monoisotopic (exact) mass is 249 g/mol. The molecule has 2 rings (SSSR count). The molecule has 0 aliphatic carbocycles. The summed E-state index contributed by atoms with van der Waals surface area (Å²) in [6.07, 6.45) is 0. The summed E-state index contributed by atoms with van der Waals surface area (Å²) in [6, 6.07) is 5.77. The molecular formula is C14H19NO3. The second kappa shape index (κ2) is 4.98. The molecule has 0 saturated carbocycles. The summed E-state index contributed by atoms with van der Waals surface area (Å²) in [4.78, 5) is 13.1. The van der Waals surface area contributed by atoms with E-state index in [1.54, 1.807) is 11.9 Å². The Morgan fingerprint density at radius 1 is 1.44 bits per heavy atom. The molecule has 1 N–H and O–H groups in total. The Bertz CT molecular complexity index is 456. The van der Waals surface area contributed by atoms with Crippen molar-refractivity contribution in [3.8, 4) is 5.75 Å². The van der Waals surface area contributed by atoms with E-state index in [-0.39, 0.29) is 25.0 Å². The zero-order valence-electron chi connectivity index (χ0n) is 11.0. The average molecular weight is 249 g/mol. The van der Waals surface area contributed by atoms with Gasteiger partial charge in [-0.2, -0.15) is 0 Å². The molecule has 1 aromatic rings. The number of likely N-dealkylation sites (N-methyl/N-ethyl adjacent to an activating group) is 1. The summed E-state index contributed by atoms with van der Waals surface area (Å²) in [7, 11) is 1.75. The summed E-state index contributed by atoms with van der Waals surface area (Å²) in [5.74, 6) is 1.13. The lowest BCUT2D eigenvalue weighted by molar-refractivity contribution is -0.120. The van der Waals surface area contributed by atoms with E-state index in [0.29, 0.717) is 11.7 Å². The van der Waals surface area contributed by atoms with Crippen LogP contribution in [0.15, 0.2) is 18.2 Å². The van der Waals surface area contributed by atoms with Gasteiger partial charge in [0.15, 0.2) is 6.61 Å². The van der Waals surface area contributed by atoms with E-state index in [4.69, 9.17) is 4.74 Å². The summed E-state index contributed by atoms with van der Waals surface area (Å²) in [5, 5.41) is 9.44. The quantitative estimate of drug-likeness (QED) is 0.888. The van der Waals surface area contributed by atoms with Gasteiger partial charge < -0.3 is 14.7 Å². The van der Waals surface area contributed by atoms with Crippen molar-refractivity contribution in [1.82, 2.24) is 0 Å². The Labute approximate surface area is 107 Å². The number of aliphatic hydroxyl groups excluding tert-OH is 1. The molecule has 98 valence electrons. The number of benzene rings is 1. The minimum Gasteiger partial charge on any atom is -0.482 e. The summed E-state index contributed by atoms with van der Waals surface area (Å²) in [5.41, 5.74) is 1.84. The molecule has 1 aromatic carbocycles. The maximum absolute atomic E-state index is 11.5. The minimum absolute atomic E-state index is 0.0437. The first-order chi connectivity index (χ1) is 8.54. The number of hydrogen-bond donors (Lipinski definition) is 1. The fourth-order valence-electron chi connectivity index (χ4n) is 2.23. The third-order valence-corrected chi connectivity index (χ3v) is 3.50. The van der Waals surface area contributed by atoms with Crippen LogP contribution in [-0.2, 0) is 4.79 Å². The molecule has 1 unspecified atom stereocenters. The zero-order chi connectivity index (χ0) is 13.3. The number of ether oxygens (including phenoxy) is 1. The maximum atomic E-state index is 11.5. The van der Waals surface area contributed by atoms with E-state index in [1.807, 2.05) is 18.2 Å². The van der Waals surface area contributed by atoms with E-state index in [1.165, 1.54) is 0 Å². The van der Waals surface area contributed by atoms with E-state index in [0.717, 1.165) is 11.3 Å². The minimum atomic E-state index is -0.0437. The number of hydrogen-bond acceptors (Lipinski definition) is 3. The molecule has 1 aliphatic heterocycles. The Morgan fingerprint density at radius 2 is 2.17 bits per heavy atom. The first kappa shape index (κ1) is 12.9. The lowest BCUT2D eigenvalue weighted by atomic mass is 9.89. The molecule has 1 atom stereocenters. The van der Waals surface area contributed by atoms with Crippen LogP contribution in [0.1, 0.15) is 25.3 Å². The predicted octanol–water partition coefficient (Wildman–Crippen LogP) is 1.77. The van der Waals surface area contributed by atoms with Gasteiger partial charge in [0.25, 0.3) is 5.91 Å². The van der Waals surface area contributed by atoms with Crippen LogP contribution < -0.4 is 9.64 Å². The molecular weight excluding hydrogens is 230 g/mol. The molecule has 1 aliphatic rings. The topological polar surface area (TPSA) is 49.8 Å². The molecule has 0 bridgehead atoms. The van der Waals surface area contributed by atoms with Gasteiger partial charge in [-0.05, 0) is 23.6 Å². The number of aliphatic hydroxyl groups is 1. The van der Waals surface area contributed by atoms with Gasteiger partial charge in [-0.3, -0.25) is 4.79 Å². The molecule has 0 spiro atoms. The van der Waals surface area contributed by atoms with Gasteiger partial charge in [0.1, 0.15) is 5.75 Å². The highest BCUT2D eigenvalue weighted by Gasteiger charge is 2.24. The number of amides is 1. The normalized spacial score (nSPS) is 16.5. The molecule has 0 saturated heterocycles. The first-order valence-corrected chi connectivity index (χ1v) is 6.18. The smallest absolute Gasteiger partial charge is 0.264 e. The standard InChI is InChI=1S/C14H19NO3/c1-9(2)11(7-16)10-4-5-12-13(6-10)18-8-14(17)15(12)3/h4-6,9,11,16H,7-8H2,1-3H3. The van der Waals surface area contributed by atoms with E-state index < -0.39 is 0 Å². The molecule has 4 heteroatoms. The highest BCUT2D eigenvalue weighted by molar-refractivity contribution is 5.97. The van der Waals surface area contributed by atoms with Crippen LogP contribution in [0.5, 0.6) is 5.75 Å². The predicted molar refractivity (Wildman–Crippen MR) is 70.0 cm³/mol. The number of nitrogens with zero attached hydrogens (tertiary/aromatic N) is 1. The molecule has 1 amide bonds. The fraction of sp³-hybridized carbons (Fsp3) is 0.500. The lowest BCUT2D eigenvalue weighted by Gasteiger charge is -2.27. The van der Waals surface area contributed by atoms with Crippen LogP contribution in [0.3, 0.4) is 0 Å². The van der Waals surface area contributed by atoms with Crippen LogP contribution in [0, 0.1) is 5.92 Å². The van der Waals surface area contributed by atoms with Crippen molar-refractivity contribution in [2.24, 2.45) is 5.92 Å².